The van der Waals surface area contributed by atoms with Gasteiger partial charge in [0.05, 0.1) is 18.7 Å². The van der Waals surface area contributed by atoms with E-state index in [1.165, 1.54) is 0 Å². The second kappa shape index (κ2) is 6.10. The van der Waals surface area contributed by atoms with Crippen LogP contribution in [0.3, 0.4) is 0 Å². The van der Waals surface area contributed by atoms with E-state index in [0.717, 1.165) is 41.6 Å². The standard InChI is InChI=1S/C16H19N3O2/c20-10-12-5-2-1-4-11(12)8-17-16(21)13-6-3-7-15-14(13)9-18-19-15/h1-2,4-5,9,13,20H,3,6-8,10H2,(H,17,21)(H,18,19). The number of aryl methyl sites for hydroxylation is 1. The van der Waals surface area contributed by atoms with Crippen LogP contribution in [0.1, 0.15) is 41.1 Å². The summed E-state index contributed by atoms with van der Waals surface area (Å²) < 4.78 is 0. The average molecular weight is 285 g/mol. The smallest absolute Gasteiger partial charge is 0.227 e. The van der Waals surface area contributed by atoms with Gasteiger partial charge < -0.3 is 10.4 Å². The van der Waals surface area contributed by atoms with Crippen LogP contribution in [0.15, 0.2) is 30.5 Å². The van der Waals surface area contributed by atoms with Gasteiger partial charge in [0, 0.05) is 17.8 Å². The molecule has 110 valence electrons. The van der Waals surface area contributed by atoms with Crippen molar-refractivity contribution in [2.24, 2.45) is 0 Å². The number of hydrogen-bond acceptors (Lipinski definition) is 3. The van der Waals surface area contributed by atoms with Crippen molar-refractivity contribution in [2.45, 2.75) is 38.3 Å². The Bertz CT molecular complexity index is 636. The number of hydrogen-bond donors (Lipinski definition) is 3. The van der Waals surface area contributed by atoms with Crippen LogP contribution < -0.4 is 5.32 Å². The zero-order valence-electron chi connectivity index (χ0n) is 11.8. The van der Waals surface area contributed by atoms with Gasteiger partial charge in [0.2, 0.25) is 5.91 Å². The van der Waals surface area contributed by atoms with Crippen molar-refractivity contribution >= 4 is 5.91 Å². The quantitative estimate of drug-likeness (QED) is 0.799. The Balaban J connectivity index is 1.68. The van der Waals surface area contributed by atoms with Crippen LogP contribution in [-0.4, -0.2) is 21.2 Å². The van der Waals surface area contributed by atoms with E-state index in [2.05, 4.69) is 15.5 Å². The molecule has 21 heavy (non-hydrogen) atoms. The maximum Gasteiger partial charge on any atom is 0.227 e. The van der Waals surface area contributed by atoms with E-state index >= 15 is 0 Å². The molecule has 0 spiro atoms. The third kappa shape index (κ3) is 2.83. The fourth-order valence-electron chi connectivity index (χ4n) is 2.92. The van der Waals surface area contributed by atoms with Crippen molar-refractivity contribution < 1.29 is 9.90 Å². The van der Waals surface area contributed by atoms with Gasteiger partial charge in [-0.15, -0.1) is 0 Å². The summed E-state index contributed by atoms with van der Waals surface area (Å²) in [6, 6.07) is 7.59. The Labute approximate surface area is 123 Å². The Hall–Kier alpha value is -2.14. The highest BCUT2D eigenvalue weighted by molar-refractivity contribution is 5.84. The van der Waals surface area contributed by atoms with E-state index in [4.69, 9.17) is 0 Å². The van der Waals surface area contributed by atoms with Crippen LogP contribution in [0.25, 0.3) is 0 Å². The van der Waals surface area contributed by atoms with Gasteiger partial charge in [-0.2, -0.15) is 5.10 Å². The maximum atomic E-state index is 12.4. The SMILES string of the molecule is O=C(NCc1ccccc1CO)C1CCCc2[nH]ncc21. The highest BCUT2D eigenvalue weighted by atomic mass is 16.3. The van der Waals surface area contributed by atoms with E-state index in [1.54, 1.807) is 6.20 Å². The molecule has 5 nitrogen and oxygen atoms in total. The lowest BCUT2D eigenvalue weighted by molar-refractivity contribution is -0.123. The molecule has 2 aromatic rings. The Morgan fingerprint density at radius 1 is 1.38 bits per heavy atom. The molecule has 1 aliphatic carbocycles. The molecule has 1 atom stereocenters. The van der Waals surface area contributed by atoms with Crippen molar-refractivity contribution in [3.8, 4) is 0 Å². The average Bonchev–Trinajstić information content (AvgIpc) is 3.01. The maximum absolute atomic E-state index is 12.4. The summed E-state index contributed by atoms with van der Waals surface area (Å²) in [5, 5.41) is 19.3. The molecule has 0 saturated heterocycles. The van der Waals surface area contributed by atoms with Crippen molar-refractivity contribution in [1.82, 2.24) is 15.5 Å². The third-order valence-corrected chi connectivity index (χ3v) is 4.10. The first-order valence-corrected chi connectivity index (χ1v) is 7.27. The number of carbonyl (C=O) groups is 1. The lowest BCUT2D eigenvalue weighted by Crippen LogP contribution is -2.31. The Kier molecular flexibility index (Phi) is 4.01. The summed E-state index contributed by atoms with van der Waals surface area (Å²) in [6.45, 7) is 0.431. The number of aliphatic hydroxyl groups excluding tert-OH is 1. The summed E-state index contributed by atoms with van der Waals surface area (Å²) in [6.07, 6.45) is 4.59. The second-order valence-corrected chi connectivity index (χ2v) is 5.39. The van der Waals surface area contributed by atoms with Crippen molar-refractivity contribution in [3.05, 3.63) is 52.8 Å². The summed E-state index contributed by atoms with van der Waals surface area (Å²) in [7, 11) is 0. The van der Waals surface area contributed by atoms with Crippen LogP contribution in [0.5, 0.6) is 0 Å². The van der Waals surface area contributed by atoms with Crippen molar-refractivity contribution in [3.63, 3.8) is 0 Å². The fourth-order valence-corrected chi connectivity index (χ4v) is 2.92. The van der Waals surface area contributed by atoms with Gasteiger partial charge in [-0.1, -0.05) is 24.3 Å². The number of benzene rings is 1. The minimum atomic E-state index is -0.117. The molecule has 1 aromatic heterocycles. The second-order valence-electron chi connectivity index (χ2n) is 5.39. The fraction of sp³-hybridized carbons (Fsp3) is 0.375. The number of nitrogens with one attached hydrogen (secondary N) is 2. The van der Waals surface area contributed by atoms with Gasteiger partial charge in [0.15, 0.2) is 0 Å². The molecular weight excluding hydrogens is 266 g/mol. The minimum Gasteiger partial charge on any atom is -0.392 e. The molecule has 1 aromatic carbocycles. The molecule has 5 heteroatoms. The zero-order valence-corrected chi connectivity index (χ0v) is 11.8. The molecule has 3 N–H and O–H groups in total. The van der Waals surface area contributed by atoms with Gasteiger partial charge in [-0.25, -0.2) is 0 Å². The number of fused-ring (bicyclic) bond motifs is 1. The van der Waals surface area contributed by atoms with E-state index < -0.39 is 0 Å². The van der Waals surface area contributed by atoms with Crippen LogP contribution >= 0.6 is 0 Å². The van der Waals surface area contributed by atoms with E-state index in [1.807, 2.05) is 24.3 Å². The first-order chi connectivity index (χ1) is 10.3. The molecule has 0 fully saturated rings. The minimum absolute atomic E-state index is 0.0125. The first-order valence-electron chi connectivity index (χ1n) is 7.27. The topological polar surface area (TPSA) is 78.0 Å². The predicted molar refractivity (Wildman–Crippen MR) is 78.5 cm³/mol. The van der Waals surface area contributed by atoms with Gasteiger partial charge in [0.25, 0.3) is 0 Å². The number of carbonyl (C=O) groups excluding carboxylic acids is 1. The van der Waals surface area contributed by atoms with Crippen LogP contribution in [0.4, 0.5) is 0 Å². The van der Waals surface area contributed by atoms with E-state index in [9.17, 15) is 9.90 Å². The molecule has 1 amide bonds. The van der Waals surface area contributed by atoms with Crippen LogP contribution in [-0.2, 0) is 24.4 Å². The van der Waals surface area contributed by atoms with Gasteiger partial charge in [-0.05, 0) is 30.4 Å². The highest BCUT2D eigenvalue weighted by Gasteiger charge is 2.27. The first kappa shape index (κ1) is 13.8. The number of amides is 1. The number of rotatable bonds is 4. The monoisotopic (exact) mass is 285 g/mol. The molecule has 0 saturated carbocycles. The summed E-state index contributed by atoms with van der Waals surface area (Å²) in [4.78, 5) is 12.4. The van der Waals surface area contributed by atoms with Crippen molar-refractivity contribution in [2.75, 3.05) is 0 Å². The number of aromatic amines is 1. The van der Waals surface area contributed by atoms with Gasteiger partial charge in [0.1, 0.15) is 0 Å². The molecule has 1 heterocycles. The van der Waals surface area contributed by atoms with Gasteiger partial charge in [-0.3, -0.25) is 9.89 Å². The summed E-state index contributed by atoms with van der Waals surface area (Å²) in [5.41, 5.74) is 3.91. The summed E-state index contributed by atoms with van der Waals surface area (Å²) in [5.74, 6) is -0.0844. The third-order valence-electron chi connectivity index (χ3n) is 4.10. The molecular formula is C16H19N3O2. The normalized spacial score (nSPS) is 17.3. The van der Waals surface area contributed by atoms with E-state index in [0.29, 0.717) is 6.54 Å². The molecule has 3 rings (SSSR count). The molecule has 0 bridgehead atoms. The number of aliphatic hydroxyl groups is 1. The number of nitrogens with zero attached hydrogens (tertiary/aromatic N) is 1. The Morgan fingerprint density at radius 3 is 3.00 bits per heavy atom. The van der Waals surface area contributed by atoms with Crippen molar-refractivity contribution in [1.29, 1.82) is 0 Å². The van der Waals surface area contributed by atoms with Crippen LogP contribution in [0, 0.1) is 0 Å². The Morgan fingerprint density at radius 2 is 2.19 bits per heavy atom. The molecule has 1 unspecified atom stereocenters. The highest BCUT2D eigenvalue weighted by Crippen LogP contribution is 2.30. The number of H-pyrrole nitrogens is 1. The lowest BCUT2D eigenvalue weighted by atomic mass is 9.86. The van der Waals surface area contributed by atoms with E-state index in [-0.39, 0.29) is 18.4 Å². The molecule has 0 aliphatic heterocycles. The molecule has 1 aliphatic rings. The summed E-state index contributed by atoms with van der Waals surface area (Å²) >= 11 is 0. The van der Waals surface area contributed by atoms with Gasteiger partial charge >= 0.3 is 0 Å². The molecule has 0 radical (unpaired) electrons. The zero-order chi connectivity index (χ0) is 14.7. The van der Waals surface area contributed by atoms with Crippen LogP contribution in [0.2, 0.25) is 0 Å². The predicted octanol–water partition coefficient (Wildman–Crippen LogP) is 1.64. The lowest BCUT2D eigenvalue weighted by Gasteiger charge is -2.21. The number of aromatic nitrogens is 2. The largest absolute Gasteiger partial charge is 0.392 e.